The minimum atomic E-state index is 0.308. The topological polar surface area (TPSA) is 16.1 Å². The van der Waals surface area contributed by atoms with Gasteiger partial charge in [0.2, 0.25) is 0 Å². The summed E-state index contributed by atoms with van der Waals surface area (Å²) in [5.74, 6) is 2.60. The van der Waals surface area contributed by atoms with Crippen molar-refractivity contribution in [1.82, 2.24) is 9.88 Å². The molecule has 2 aliphatic carbocycles. The lowest BCUT2D eigenvalue weighted by atomic mass is 9.53. The summed E-state index contributed by atoms with van der Waals surface area (Å²) in [5, 5.41) is 0. The van der Waals surface area contributed by atoms with Gasteiger partial charge in [-0.1, -0.05) is 13.0 Å². The SMILES string of the molecule is CC1CC2Cc3ncccc3C3(C1)C2CCCN3C. The molecule has 1 saturated heterocycles. The van der Waals surface area contributed by atoms with Crippen LogP contribution in [-0.4, -0.2) is 23.5 Å². The van der Waals surface area contributed by atoms with Crippen molar-refractivity contribution in [3.63, 3.8) is 0 Å². The molecule has 102 valence electrons. The molecule has 0 aromatic carbocycles. The molecule has 0 amide bonds. The quantitative estimate of drug-likeness (QED) is 0.708. The molecule has 0 spiro atoms. The van der Waals surface area contributed by atoms with Gasteiger partial charge in [-0.2, -0.15) is 0 Å². The van der Waals surface area contributed by atoms with Crippen LogP contribution in [0.15, 0.2) is 18.3 Å². The Bertz CT molecular complexity index is 498. The summed E-state index contributed by atoms with van der Waals surface area (Å²) in [6.07, 6.45) is 8.76. The van der Waals surface area contributed by atoms with Crippen LogP contribution < -0.4 is 0 Å². The second-order valence-electron chi connectivity index (χ2n) is 7.10. The van der Waals surface area contributed by atoms with E-state index < -0.39 is 0 Å². The van der Waals surface area contributed by atoms with E-state index >= 15 is 0 Å². The molecular weight excluding hydrogens is 232 g/mol. The van der Waals surface area contributed by atoms with Gasteiger partial charge in [0, 0.05) is 11.9 Å². The fraction of sp³-hybridized carbons (Fsp3) is 0.706. The third-order valence-electron chi connectivity index (χ3n) is 6.05. The van der Waals surface area contributed by atoms with Gasteiger partial charge in [0.25, 0.3) is 0 Å². The molecule has 4 unspecified atom stereocenters. The molecule has 1 aromatic heterocycles. The van der Waals surface area contributed by atoms with Gasteiger partial charge in [-0.15, -0.1) is 0 Å². The first kappa shape index (κ1) is 11.9. The molecule has 2 heteroatoms. The number of piperidine rings is 1. The average molecular weight is 256 g/mol. The van der Waals surface area contributed by atoms with E-state index in [0.717, 1.165) is 17.8 Å². The Morgan fingerprint density at radius 2 is 2.32 bits per heavy atom. The van der Waals surface area contributed by atoms with Crippen molar-refractivity contribution in [2.75, 3.05) is 13.6 Å². The lowest BCUT2D eigenvalue weighted by Crippen LogP contribution is -2.60. The molecule has 3 aliphatic rings. The number of hydrogen-bond acceptors (Lipinski definition) is 2. The van der Waals surface area contributed by atoms with Crippen molar-refractivity contribution < 1.29 is 0 Å². The Labute approximate surface area is 116 Å². The van der Waals surface area contributed by atoms with Gasteiger partial charge < -0.3 is 0 Å². The second kappa shape index (κ2) is 4.05. The lowest BCUT2D eigenvalue weighted by molar-refractivity contribution is -0.0790. The normalized spacial score (nSPS) is 41.5. The fourth-order valence-electron chi connectivity index (χ4n) is 5.48. The largest absolute Gasteiger partial charge is 0.296 e. The van der Waals surface area contributed by atoms with Crippen molar-refractivity contribution in [3.05, 3.63) is 29.6 Å². The smallest absolute Gasteiger partial charge is 0.0509 e. The van der Waals surface area contributed by atoms with Gasteiger partial charge in [-0.05, 0) is 75.1 Å². The van der Waals surface area contributed by atoms with Crippen molar-refractivity contribution in [2.45, 2.75) is 44.6 Å². The number of hydrogen-bond donors (Lipinski definition) is 0. The molecule has 4 rings (SSSR count). The van der Waals surface area contributed by atoms with Crippen LogP contribution in [0.25, 0.3) is 0 Å². The van der Waals surface area contributed by atoms with Gasteiger partial charge in [0.1, 0.15) is 0 Å². The van der Waals surface area contributed by atoms with Gasteiger partial charge in [0.05, 0.1) is 5.54 Å². The van der Waals surface area contributed by atoms with E-state index in [1.165, 1.54) is 44.3 Å². The third kappa shape index (κ3) is 1.50. The van der Waals surface area contributed by atoms with Crippen LogP contribution in [0.1, 0.15) is 43.9 Å². The van der Waals surface area contributed by atoms with E-state index in [9.17, 15) is 0 Å². The Balaban J connectivity index is 1.93. The van der Waals surface area contributed by atoms with Gasteiger partial charge in [0.15, 0.2) is 0 Å². The molecule has 1 aliphatic heterocycles. The minimum Gasteiger partial charge on any atom is -0.296 e. The van der Waals surface area contributed by atoms with E-state index in [-0.39, 0.29) is 0 Å². The predicted octanol–water partition coefficient (Wildman–Crippen LogP) is 3.22. The predicted molar refractivity (Wildman–Crippen MR) is 76.9 cm³/mol. The summed E-state index contributed by atoms with van der Waals surface area (Å²) in [4.78, 5) is 7.39. The Morgan fingerprint density at radius 3 is 3.21 bits per heavy atom. The molecule has 1 aromatic rings. The van der Waals surface area contributed by atoms with E-state index in [1.54, 1.807) is 5.56 Å². The highest BCUT2D eigenvalue weighted by Gasteiger charge is 2.55. The maximum Gasteiger partial charge on any atom is 0.0509 e. The van der Waals surface area contributed by atoms with E-state index in [2.05, 4.69) is 31.0 Å². The highest BCUT2D eigenvalue weighted by atomic mass is 15.2. The second-order valence-corrected chi connectivity index (χ2v) is 7.10. The standard InChI is InChI=1S/C17H24N2/c1-12-9-13-10-16-15(5-3-7-18-16)17(11-12)14(13)6-4-8-19(17)2/h3,5,7,12-14H,4,6,8-11H2,1-2H3. The van der Waals surface area contributed by atoms with Crippen LogP contribution in [0.4, 0.5) is 0 Å². The summed E-state index contributed by atoms with van der Waals surface area (Å²) in [6, 6.07) is 4.51. The zero-order chi connectivity index (χ0) is 13.0. The molecule has 2 bridgehead atoms. The maximum absolute atomic E-state index is 4.72. The summed E-state index contributed by atoms with van der Waals surface area (Å²) >= 11 is 0. The average Bonchev–Trinajstić information content (AvgIpc) is 2.39. The Morgan fingerprint density at radius 1 is 1.42 bits per heavy atom. The van der Waals surface area contributed by atoms with Crippen LogP contribution in [0.3, 0.4) is 0 Å². The number of rotatable bonds is 0. The highest BCUT2D eigenvalue weighted by molar-refractivity contribution is 5.35. The molecule has 0 radical (unpaired) electrons. The summed E-state index contributed by atoms with van der Waals surface area (Å²) in [5.41, 5.74) is 3.26. The lowest BCUT2D eigenvalue weighted by Gasteiger charge is -2.60. The van der Waals surface area contributed by atoms with Crippen LogP contribution in [0.5, 0.6) is 0 Å². The fourth-order valence-corrected chi connectivity index (χ4v) is 5.48. The van der Waals surface area contributed by atoms with Crippen molar-refractivity contribution in [1.29, 1.82) is 0 Å². The monoisotopic (exact) mass is 256 g/mol. The third-order valence-corrected chi connectivity index (χ3v) is 6.05. The molecule has 19 heavy (non-hydrogen) atoms. The molecule has 0 N–H and O–H groups in total. The minimum absolute atomic E-state index is 0.308. The molecular formula is C17H24N2. The molecule has 1 saturated carbocycles. The van der Waals surface area contributed by atoms with Crippen molar-refractivity contribution >= 4 is 0 Å². The summed E-state index contributed by atoms with van der Waals surface area (Å²) in [7, 11) is 2.35. The number of nitrogens with zero attached hydrogens (tertiary/aromatic N) is 2. The van der Waals surface area contributed by atoms with Crippen LogP contribution in [-0.2, 0) is 12.0 Å². The zero-order valence-corrected chi connectivity index (χ0v) is 12.1. The summed E-state index contributed by atoms with van der Waals surface area (Å²) < 4.78 is 0. The number of aromatic nitrogens is 1. The zero-order valence-electron chi connectivity index (χ0n) is 12.1. The summed E-state index contributed by atoms with van der Waals surface area (Å²) in [6.45, 7) is 3.71. The molecule has 2 nitrogen and oxygen atoms in total. The van der Waals surface area contributed by atoms with E-state index in [0.29, 0.717) is 5.54 Å². The Hall–Kier alpha value is -0.890. The van der Waals surface area contributed by atoms with Crippen molar-refractivity contribution in [3.8, 4) is 0 Å². The van der Waals surface area contributed by atoms with Crippen LogP contribution in [0.2, 0.25) is 0 Å². The molecule has 2 fully saturated rings. The maximum atomic E-state index is 4.72. The van der Waals surface area contributed by atoms with Crippen LogP contribution in [0, 0.1) is 17.8 Å². The number of pyridine rings is 1. The van der Waals surface area contributed by atoms with Gasteiger partial charge in [-0.3, -0.25) is 9.88 Å². The number of likely N-dealkylation sites (tertiary alicyclic amines) is 1. The van der Waals surface area contributed by atoms with Crippen LogP contribution >= 0.6 is 0 Å². The first-order valence-corrected chi connectivity index (χ1v) is 7.87. The van der Waals surface area contributed by atoms with Gasteiger partial charge in [-0.25, -0.2) is 0 Å². The van der Waals surface area contributed by atoms with Crippen molar-refractivity contribution in [2.24, 2.45) is 17.8 Å². The first-order chi connectivity index (χ1) is 9.22. The highest BCUT2D eigenvalue weighted by Crippen LogP contribution is 2.58. The van der Waals surface area contributed by atoms with E-state index in [4.69, 9.17) is 4.98 Å². The first-order valence-electron chi connectivity index (χ1n) is 7.87. The Kier molecular flexibility index (Phi) is 2.54. The molecule has 4 atom stereocenters. The number of fused-ring (bicyclic) bond motifs is 1. The van der Waals surface area contributed by atoms with E-state index in [1.807, 2.05) is 6.20 Å². The van der Waals surface area contributed by atoms with Gasteiger partial charge >= 0.3 is 0 Å². The molecule has 2 heterocycles.